The van der Waals surface area contributed by atoms with Gasteiger partial charge in [-0.2, -0.15) is 10.0 Å². The van der Waals surface area contributed by atoms with Crippen LogP contribution in [0.1, 0.15) is 11.8 Å². The summed E-state index contributed by atoms with van der Waals surface area (Å²) < 4.78 is 12.8. The summed E-state index contributed by atoms with van der Waals surface area (Å²) in [5.41, 5.74) is 4.83. The third-order valence-corrected chi connectivity index (χ3v) is 4.21. The molecule has 1 unspecified atom stereocenters. The van der Waals surface area contributed by atoms with E-state index in [0.29, 0.717) is 12.1 Å². The maximum absolute atomic E-state index is 12.2. The number of nitrogens with zero attached hydrogens (tertiary/aromatic N) is 3. The second-order valence-electron chi connectivity index (χ2n) is 5.74. The first-order valence-electron chi connectivity index (χ1n) is 6.96. The van der Waals surface area contributed by atoms with Crippen molar-refractivity contribution in [1.29, 1.82) is 0 Å². The van der Waals surface area contributed by atoms with Gasteiger partial charge in [0.15, 0.2) is 12.3 Å². The molecule has 2 aliphatic heterocycles. The van der Waals surface area contributed by atoms with E-state index in [9.17, 15) is 9.90 Å². The molecule has 9 heteroatoms. The number of aromatic nitrogens is 2. The van der Waals surface area contributed by atoms with Crippen LogP contribution in [0.25, 0.3) is 0 Å². The van der Waals surface area contributed by atoms with Crippen molar-refractivity contribution in [2.75, 3.05) is 33.0 Å². The van der Waals surface area contributed by atoms with Crippen molar-refractivity contribution in [2.24, 2.45) is 0 Å². The number of aliphatic hydroxyl groups is 1. The summed E-state index contributed by atoms with van der Waals surface area (Å²) in [4.78, 5) is 21.7. The Kier molecular flexibility index (Phi) is 3.69. The molecular weight excluding hydrogens is 292 g/mol. The number of hydrogen-bond donors (Lipinski definition) is 2. The van der Waals surface area contributed by atoms with Crippen molar-refractivity contribution >= 4 is 5.82 Å². The molecule has 4 atom stereocenters. The van der Waals surface area contributed by atoms with Crippen molar-refractivity contribution in [3.63, 3.8) is 0 Å². The third kappa shape index (κ3) is 2.13. The Morgan fingerprint density at radius 3 is 3.00 bits per heavy atom. The van der Waals surface area contributed by atoms with Gasteiger partial charge in [0.1, 0.15) is 17.5 Å². The Morgan fingerprint density at radius 2 is 2.36 bits per heavy atom. The van der Waals surface area contributed by atoms with Gasteiger partial charge in [-0.15, -0.1) is 0 Å². The van der Waals surface area contributed by atoms with Crippen LogP contribution in [0.2, 0.25) is 0 Å². The van der Waals surface area contributed by atoms with E-state index in [2.05, 4.69) is 4.98 Å². The second-order valence-corrected chi connectivity index (χ2v) is 5.74. The molecule has 22 heavy (non-hydrogen) atoms. The highest BCUT2D eigenvalue weighted by Gasteiger charge is 2.61. The van der Waals surface area contributed by atoms with Gasteiger partial charge in [0, 0.05) is 25.9 Å². The topological polar surface area (TPSA) is 112 Å². The molecule has 1 aromatic rings. The average Bonchev–Trinajstić information content (AvgIpc) is 2.67. The van der Waals surface area contributed by atoms with Crippen molar-refractivity contribution in [3.8, 4) is 0 Å². The molecule has 2 aliphatic rings. The SMILES string of the molecule is COC1[C@@H]2ON(C)C[C@]1(CO)O[C@H]2n1cc(C)c(N)nc1=O. The minimum absolute atomic E-state index is 0.181. The summed E-state index contributed by atoms with van der Waals surface area (Å²) in [6, 6.07) is 0. The number of methoxy groups -OCH3 is 1. The van der Waals surface area contributed by atoms with Crippen LogP contribution in [0.3, 0.4) is 0 Å². The lowest BCUT2D eigenvalue weighted by Crippen LogP contribution is -2.59. The summed E-state index contributed by atoms with van der Waals surface area (Å²) in [5.74, 6) is 0.181. The van der Waals surface area contributed by atoms with Crippen LogP contribution in [-0.2, 0) is 14.3 Å². The number of nitrogen functional groups attached to an aromatic ring is 1. The average molecular weight is 312 g/mol. The molecule has 0 aromatic carbocycles. The quantitative estimate of drug-likeness (QED) is 0.705. The van der Waals surface area contributed by atoms with Crippen LogP contribution in [0.5, 0.6) is 0 Å². The molecule has 2 fully saturated rings. The number of ether oxygens (including phenoxy) is 2. The lowest BCUT2D eigenvalue weighted by Gasteiger charge is -2.40. The van der Waals surface area contributed by atoms with Crippen LogP contribution in [0.4, 0.5) is 5.82 Å². The predicted octanol–water partition coefficient (Wildman–Crippen LogP) is -1.35. The normalized spacial score (nSPS) is 35.0. The van der Waals surface area contributed by atoms with Gasteiger partial charge in [0.05, 0.1) is 13.2 Å². The molecule has 0 saturated carbocycles. The fourth-order valence-corrected chi connectivity index (χ4v) is 3.18. The van der Waals surface area contributed by atoms with Crippen LogP contribution in [0.15, 0.2) is 11.0 Å². The molecule has 0 aliphatic carbocycles. The zero-order valence-electron chi connectivity index (χ0n) is 12.7. The molecule has 2 bridgehead atoms. The number of likely N-dealkylation sites (N-methyl/N-ethyl adjacent to an activating group) is 1. The van der Waals surface area contributed by atoms with E-state index in [4.69, 9.17) is 20.0 Å². The number of hydroxylamine groups is 2. The molecule has 0 spiro atoms. The van der Waals surface area contributed by atoms with Gasteiger partial charge in [0.25, 0.3) is 0 Å². The van der Waals surface area contributed by atoms with E-state index in [-0.39, 0.29) is 12.4 Å². The predicted molar refractivity (Wildman–Crippen MR) is 75.9 cm³/mol. The van der Waals surface area contributed by atoms with E-state index < -0.39 is 29.7 Å². The number of fused-ring (bicyclic) bond motifs is 2. The number of aliphatic hydroxyl groups excluding tert-OH is 1. The summed E-state index contributed by atoms with van der Waals surface area (Å²) in [6.45, 7) is 1.83. The lowest BCUT2D eigenvalue weighted by atomic mass is 9.94. The summed E-state index contributed by atoms with van der Waals surface area (Å²) in [5, 5.41) is 11.4. The van der Waals surface area contributed by atoms with Gasteiger partial charge in [-0.05, 0) is 6.92 Å². The molecule has 122 valence electrons. The van der Waals surface area contributed by atoms with Crippen LogP contribution in [-0.4, -0.2) is 64.8 Å². The van der Waals surface area contributed by atoms with E-state index in [1.807, 2.05) is 0 Å². The number of hydrogen-bond acceptors (Lipinski definition) is 8. The maximum Gasteiger partial charge on any atom is 0.351 e. The van der Waals surface area contributed by atoms with E-state index in [1.165, 1.54) is 11.7 Å². The van der Waals surface area contributed by atoms with Gasteiger partial charge in [-0.3, -0.25) is 9.40 Å². The maximum atomic E-state index is 12.2. The first-order valence-corrected chi connectivity index (χ1v) is 6.96. The minimum atomic E-state index is -0.953. The molecule has 3 heterocycles. The van der Waals surface area contributed by atoms with Crippen LogP contribution >= 0.6 is 0 Å². The molecule has 3 N–H and O–H groups in total. The van der Waals surface area contributed by atoms with Crippen LogP contribution < -0.4 is 11.4 Å². The van der Waals surface area contributed by atoms with E-state index >= 15 is 0 Å². The van der Waals surface area contributed by atoms with Gasteiger partial charge < -0.3 is 20.3 Å². The molecule has 9 nitrogen and oxygen atoms in total. The number of nitrogens with two attached hydrogens (primary N) is 1. The zero-order valence-corrected chi connectivity index (χ0v) is 12.7. The van der Waals surface area contributed by atoms with Gasteiger partial charge >= 0.3 is 5.69 Å². The van der Waals surface area contributed by atoms with Gasteiger partial charge in [0.2, 0.25) is 0 Å². The highest BCUT2D eigenvalue weighted by molar-refractivity contribution is 5.35. The first-order chi connectivity index (χ1) is 10.4. The fourth-order valence-electron chi connectivity index (χ4n) is 3.18. The summed E-state index contributed by atoms with van der Waals surface area (Å²) in [7, 11) is 3.27. The lowest BCUT2D eigenvalue weighted by molar-refractivity contribution is -0.261. The third-order valence-electron chi connectivity index (χ3n) is 4.21. The van der Waals surface area contributed by atoms with Crippen molar-refractivity contribution in [3.05, 3.63) is 22.2 Å². The number of aryl methyl sites for hydroxylation is 1. The summed E-state index contributed by atoms with van der Waals surface area (Å²) in [6.07, 6.45) is -0.236. The van der Waals surface area contributed by atoms with E-state index in [1.54, 1.807) is 25.2 Å². The summed E-state index contributed by atoms with van der Waals surface area (Å²) >= 11 is 0. The highest BCUT2D eigenvalue weighted by atomic mass is 16.7. The molecule has 0 radical (unpaired) electrons. The van der Waals surface area contributed by atoms with E-state index in [0.717, 1.165) is 0 Å². The molecule has 1 aromatic heterocycles. The first kappa shape index (κ1) is 15.4. The zero-order chi connectivity index (χ0) is 16.1. The van der Waals surface area contributed by atoms with Gasteiger partial charge in [-0.25, -0.2) is 4.79 Å². The Bertz CT molecular complexity index is 635. The molecule has 2 saturated heterocycles. The molecule has 3 rings (SSSR count). The van der Waals surface area contributed by atoms with Crippen molar-refractivity contribution < 1.29 is 19.4 Å². The Morgan fingerprint density at radius 1 is 1.64 bits per heavy atom. The Hall–Kier alpha value is -1.52. The minimum Gasteiger partial charge on any atom is -0.393 e. The number of rotatable bonds is 3. The van der Waals surface area contributed by atoms with Gasteiger partial charge in [-0.1, -0.05) is 0 Å². The fraction of sp³-hybridized carbons (Fsp3) is 0.692. The van der Waals surface area contributed by atoms with Crippen molar-refractivity contribution in [1.82, 2.24) is 14.6 Å². The number of anilines is 1. The molecular formula is C13H20N4O5. The van der Waals surface area contributed by atoms with Crippen molar-refractivity contribution in [2.45, 2.75) is 31.0 Å². The Balaban J connectivity index is 2.06. The largest absolute Gasteiger partial charge is 0.393 e. The molecule has 0 amide bonds. The smallest absolute Gasteiger partial charge is 0.351 e. The highest BCUT2D eigenvalue weighted by Crippen LogP contribution is 2.43. The standard InChI is InChI=1S/C13H20N4O5/c1-7-4-17(12(19)15-10(7)14)11-8-9(20-3)13(6-18,21-11)5-16(2)22-8/h4,8-9,11,18H,5-6H2,1-3H3,(H2,14,15,19)/t8-,9?,11+,13+/m0/s1. The second kappa shape index (κ2) is 5.28. The Labute approximate surface area is 127 Å². The monoisotopic (exact) mass is 312 g/mol. The van der Waals surface area contributed by atoms with Crippen LogP contribution in [0, 0.1) is 6.92 Å².